The molecule has 1 aliphatic carbocycles. The lowest BCUT2D eigenvalue weighted by Gasteiger charge is -2.39. The summed E-state index contributed by atoms with van der Waals surface area (Å²) in [6, 6.07) is 9.15. The van der Waals surface area contributed by atoms with E-state index in [1.807, 2.05) is 12.1 Å². The molecule has 0 radical (unpaired) electrons. The molecule has 1 aliphatic heterocycles. The zero-order valence-corrected chi connectivity index (χ0v) is 12.1. The predicted molar refractivity (Wildman–Crippen MR) is 77.6 cm³/mol. The Kier molecular flexibility index (Phi) is 4.08. The highest BCUT2D eigenvalue weighted by Crippen LogP contribution is 2.30. The van der Waals surface area contributed by atoms with Gasteiger partial charge in [-0.3, -0.25) is 4.90 Å². The number of morpholine rings is 1. The Morgan fingerprint density at radius 3 is 3.00 bits per heavy atom. The van der Waals surface area contributed by atoms with E-state index in [1.54, 1.807) is 0 Å². The van der Waals surface area contributed by atoms with Gasteiger partial charge in [0.1, 0.15) is 0 Å². The highest BCUT2D eigenvalue weighted by atomic mass is 35.5. The molecular weight excluding hydrogens is 260 g/mol. The molecule has 3 rings (SSSR count). The number of ether oxygens (including phenoxy) is 1. The first-order valence-electron chi connectivity index (χ1n) is 7.05. The first kappa shape index (κ1) is 13.4. The van der Waals surface area contributed by atoms with Gasteiger partial charge in [-0.2, -0.15) is 0 Å². The van der Waals surface area contributed by atoms with Crippen LogP contribution >= 0.6 is 11.6 Å². The minimum absolute atomic E-state index is 0.206. The van der Waals surface area contributed by atoms with E-state index >= 15 is 0 Å². The summed E-state index contributed by atoms with van der Waals surface area (Å²) in [6.07, 6.45) is 2.83. The number of nitrogens with zero attached hydrogens (tertiary/aromatic N) is 1. The van der Waals surface area contributed by atoms with Crippen LogP contribution < -0.4 is 5.32 Å². The Morgan fingerprint density at radius 2 is 2.26 bits per heavy atom. The topological polar surface area (TPSA) is 24.5 Å². The molecule has 1 N–H and O–H groups in total. The molecule has 1 heterocycles. The number of rotatable bonds is 4. The molecule has 2 aliphatic rings. The molecular formula is C15H21ClN2O. The van der Waals surface area contributed by atoms with Gasteiger partial charge in [-0.15, -0.1) is 0 Å². The van der Waals surface area contributed by atoms with Gasteiger partial charge >= 0.3 is 0 Å². The second-order valence-electron chi connectivity index (χ2n) is 5.57. The average Bonchev–Trinajstić information content (AvgIpc) is 3.20. The van der Waals surface area contributed by atoms with Gasteiger partial charge in [0.05, 0.1) is 18.8 Å². The fourth-order valence-electron chi connectivity index (χ4n) is 2.76. The lowest BCUT2D eigenvalue weighted by Crippen LogP contribution is -2.47. The zero-order valence-electron chi connectivity index (χ0n) is 11.3. The maximum atomic E-state index is 6.12. The SMILES string of the molecule is CN1CCOC(CNC2CC2)C1c1cccc(Cl)c1. The quantitative estimate of drug-likeness (QED) is 0.917. The largest absolute Gasteiger partial charge is 0.374 e. The lowest BCUT2D eigenvalue weighted by atomic mass is 9.98. The summed E-state index contributed by atoms with van der Waals surface area (Å²) in [6.45, 7) is 2.70. The van der Waals surface area contributed by atoms with Crippen molar-refractivity contribution in [3.05, 3.63) is 34.9 Å². The summed E-state index contributed by atoms with van der Waals surface area (Å²) in [4.78, 5) is 2.37. The molecule has 0 aromatic heterocycles. The third-order valence-electron chi connectivity index (χ3n) is 3.98. The Hall–Kier alpha value is -0.610. The van der Waals surface area contributed by atoms with E-state index in [9.17, 15) is 0 Å². The highest BCUT2D eigenvalue weighted by Gasteiger charge is 2.32. The van der Waals surface area contributed by atoms with E-state index in [0.29, 0.717) is 6.04 Å². The monoisotopic (exact) mass is 280 g/mol. The second-order valence-corrected chi connectivity index (χ2v) is 6.01. The number of hydrogen-bond acceptors (Lipinski definition) is 3. The fraction of sp³-hybridized carbons (Fsp3) is 0.600. The minimum atomic E-state index is 0.206. The highest BCUT2D eigenvalue weighted by molar-refractivity contribution is 6.30. The van der Waals surface area contributed by atoms with Crippen LogP contribution in [-0.2, 0) is 4.74 Å². The van der Waals surface area contributed by atoms with E-state index < -0.39 is 0 Å². The van der Waals surface area contributed by atoms with E-state index in [0.717, 1.165) is 30.8 Å². The van der Waals surface area contributed by atoms with Crippen LogP contribution in [0, 0.1) is 0 Å². The first-order chi connectivity index (χ1) is 9.24. The van der Waals surface area contributed by atoms with Crippen molar-refractivity contribution in [3.63, 3.8) is 0 Å². The Morgan fingerprint density at radius 1 is 1.42 bits per heavy atom. The van der Waals surface area contributed by atoms with Crippen LogP contribution in [0.3, 0.4) is 0 Å². The molecule has 104 valence electrons. The minimum Gasteiger partial charge on any atom is -0.374 e. The normalized spacial score (nSPS) is 28.5. The van der Waals surface area contributed by atoms with E-state index in [4.69, 9.17) is 16.3 Å². The number of halogens is 1. The smallest absolute Gasteiger partial charge is 0.0896 e. The lowest BCUT2D eigenvalue weighted by molar-refractivity contribution is -0.0615. The molecule has 0 spiro atoms. The molecule has 1 saturated heterocycles. The van der Waals surface area contributed by atoms with Crippen LogP contribution in [0.25, 0.3) is 0 Å². The summed E-state index contributed by atoms with van der Waals surface area (Å²) in [5, 5.41) is 4.37. The van der Waals surface area contributed by atoms with Crippen molar-refractivity contribution >= 4 is 11.6 Å². The molecule has 1 saturated carbocycles. The molecule has 2 atom stereocenters. The molecule has 0 bridgehead atoms. The third-order valence-corrected chi connectivity index (χ3v) is 4.21. The van der Waals surface area contributed by atoms with E-state index in [1.165, 1.54) is 18.4 Å². The average molecular weight is 281 g/mol. The summed E-state index contributed by atoms with van der Waals surface area (Å²) >= 11 is 6.12. The summed E-state index contributed by atoms with van der Waals surface area (Å²) in [7, 11) is 2.16. The maximum Gasteiger partial charge on any atom is 0.0896 e. The molecule has 19 heavy (non-hydrogen) atoms. The van der Waals surface area contributed by atoms with Crippen LogP contribution in [0.5, 0.6) is 0 Å². The van der Waals surface area contributed by atoms with Crippen LogP contribution in [0.1, 0.15) is 24.4 Å². The van der Waals surface area contributed by atoms with Crippen LogP contribution in [0.2, 0.25) is 5.02 Å². The molecule has 1 aromatic rings. The molecule has 2 unspecified atom stereocenters. The summed E-state index contributed by atoms with van der Waals surface area (Å²) < 4.78 is 5.99. The molecule has 0 amide bonds. The van der Waals surface area contributed by atoms with Crippen LogP contribution in [0.15, 0.2) is 24.3 Å². The van der Waals surface area contributed by atoms with Gasteiger partial charge in [0.15, 0.2) is 0 Å². The van der Waals surface area contributed by atoms with Gasteiger partial charge in [-0.1, -0.05) is 23.7 Å². The number of benzene rings is 1. The van der Waals surface area contributed by atoms with Crippen molar-refractivity contribution in [3.8, 4) is 0 Å². The van der Waals surface area contributed by atoms with E-state index in [-0.39, 0.29) is 6.10 Å². The Labute approximate surface area is 119 Å². The number of likely N-dealkylation sites (N-methyl/N-ethyl adjacent to an activating group) is 1. The Balaban J connectivity index is 1.75. The molecule has 2 fully saturated rings. The van der Waals surface area contributed by atoms with Crippen molar-refractivity contribution in [2.24, 2.45) is 0 Å². The predicted octanol–water partition coefficient (Wildman–Crippen LogP) is 2.46. The fourth-order valence-corrected chi connectivity index (χ4v) is 2.96. The summed E-state index contributed by atoms with van der Waals surface area (Å²) in [5.41, 5.74) is 1.25. The van der Waals surface area contributed by atoms with Crippen molar-refractivity contribution in [1.29, 1.82) is 0 Å². The van der Waals surface area contributed by atoms with Gasteiger partial charge in [0.2, 0.25) is 0 Å². The second kappa shape index (κ2) is 5.80. The summed E-state index contributed by atoms with van der Waals surface area (Å²) in [5.74, 6) is 0. The van der Waals surface area contributed by atoms with Crippen LogP contribution in [-0.4, -0.2) is 43.8 Å². The van der Waals surface area contributed by atoms with Gasteiger partial charge in [-0.25, -0.2) is 0 Å². The van der Waals surface area contributed by atoms with Crippen molar-refractivity contribution in [1.82, 2.24) is 10.2 Å². The van der Waals surface area contributed by atoms with Crippen molar-refractivity contribution < 1.29 is 4.74 Å². The standard InChI is InChI=1S/C15H21ClN2O/c1-18-7-8-19-14(10-17-13-5-6-13)15(18)11-3-2-4-12(16)9-11/h2-4,9,13-15,17H,5-8,10H2,1H3. The first-order valence-corrected chi connectivity index (χ1v) is 7.42. The maximum absolute atomic E-state index is 6.12. The van der Waals surface area contributed by atoms with Gasteiger partial charge in [0, 0.05) is 24.2 Å². The Bertz CT molecular complexity index is 436. The van der Waals surface area contributed by atoms with Gasteiger partial charge < -0.3 is 10.1 Å². The van der Waals surface area contributed by atoms with E-state index in [2.05, 4.69) is 29.4 Å². The number of nitrogens with one attached hydrogen (secondary N) is 1. The molecule has 3 nitrogen and oxygen atoms in total. The van der Waals surface area contributed by atoms with Gasteiger partial charge in [0.25, 0.3) is 0 Å². The van der Waals surface area contributed by atoms with Crippen molar-refractivity contribution in [2.75, 3.05) is 26.7 Å². The van der Waals surface area contributed by atoms with Gasteiger partial charge in [-0.05, 0) is 37.6 Å². The third kappa shape index (κ3) is 3.29. The van der Waals surface area contributed by atoms with Crippen molar-refractivity contribution in [2.45, 2.75) is 31.0 Å². The van der Waals surface area contributed by atoms with Crippen LogP contribution in [0.4, 0.5) is 0 Å². The number of hydrogen-bond donors (Lipinski definition) is 1. The zero-order chi connectivity index (χ0) is 13.2. The molecule has 4 heteroatoms. The molecule has 1 aromatic carbocycles.